The zero-order valence-corrected chi connectivity index (χ0v) is 11.1. The van der Waals surface area contributed by atoms with Crippen LogP contribution < -0.4 is 0 Å². The number of carbonyl (C=O) groups is 2. The molecule has 94 valence electrons. The van der Waals surface area contributed by atoms with Crippen LogP contribution in [0.25, 0.3) is 0 Å². The van der Waals surface area contributed by atoms with Gasteiger partial charge in [0.15, 0.2) is 0 Å². The zero-order valence-electron chi connectivity index (χ0n) is 11.1. The van der Waals surface area contributed by atoms with Gasteiger partial charge in [-0.25, -0.2) is 0 Å². The molecule has 0 saturated heterocycles. The van der Waals surface area contributed by atoms with Crippen molar-refractivity contribution in [2.24, 2.45) is 5.92 Å². The van der Waals surface area contributed by atoms with E-state index in [4.69, 9.17) is 0 Å². The summed E-state index contributed by atoms with van der Waals surface area (Å²) in [4.78, 5) is 26.6. The number of rotatable bonds is 6. The lowest BCUT2D eigenvalue weighted by molar-refractivity contribution is -0.138. The van der Waals surface area contributed by atoms with E-state index in [0.717, 1.165) is 19.3 Å². The fourth-order valence-corrected chi connectivity index (χ4v) is 1.52. The maximum Gasteiger partial charge on any atom is 0.225 e. The summed E-state index contributed by atoms with van der Waals surface area (Å²) < 4.78 is 0. The van der Waals surface area contributed by atoms with Crippen LogP contribution in [0.2, 0.25) is 0 Å². The third kappa shape index (κ3) is 5.14. The SMILES string of the molecule is CCCCC(CC(=O)N(C)C)C(=O)N(C)C. The van der Waals surface area contributed by atoms with Gasteiger partial charge >= 0.3 is 0 Å². The fraction of sp³-hybridized carbons (Fsp3) is 0.833. The van der Waals surface area contributed by atoms with Gasteiger partial charge in [0.1, 0.15) is 0 Å². The van der Waals surface area contributed by atoms with E-state index in [2.05, 4.69) is 6.92 Å². The van der Waals surface area contributed by atoms with E-state index in [0.29, 0.717) is 6.42 Å². The number of hydrogen-bond donors (Lipinski definition) is 0. The average Bonchev–Trinajstić information content (AvgIpc) is 2.22. The number of nitrogens with zero attached hydrogens (tertiary/aromatic N) is 2. The Labute approximate surface area is 98.6 Å². The van der Waals surface area contributed by atoms with Crippen molar-refractivity contribution in [1.29, 1.82) is 0 Å². The molecule has 0 N–H and O–H groups in total. The molecule has 0 aliphatic heterocycles. The summed E-state index contributed by atoms with van der Waals surface area (Å²) in [5.74, 6) is -0.0789. The van der Waals surface area contributed by atoms with E-state index in [1.807, 2.05) is 0 Å². The van der Waals surface area contributed by atoms with Crippen LogP contribution in [-0.4, -0.2) is 49.8 Å². The number of hydrogen-bond acceptors (Lipinski definition) is 2. The predicted octanol–water partition coefficient (Wildman–Crippen LogP) is 1.36. The highest BCUT2D eigenvalue weighted by Gasteiger charge is 2.23. The summed E-state index contributed by atoms with van der Waals surface area (Å²) in [6, 6.07) is 0. The second-order valence-electron chi connectivity index (χ2n) is 4.56. The Morgan fingerprint density at radius 3 is 2.00 bits per heavy atom. The molecular formula is C12H24N2O2. The first kappa shape index (κ1) is 14.9. The van der Waals surface area contributed by atoms with Gasteiger partial charge in [0.25, 0.3) is 0 Å². The molecule has 0 bridgehead atoms. The molecule has 1 atom stereocenters. The third-order valence-electron chi connectivity index (χ3n) is 2.62. The van der Waals surface area contributed by atoms with Crippen molar-refractivity contribution in [3.8, 4) is 0 Å². The van der Waals surface area contributed by atoms with E-state index in [1.165, 1.54) is 0 Å². The molecule has 0 radical (unpaired) electrons. The molecule has 0 rings (SSSR count). The quantitative estimate of drug-likeness (QED) is 0.688. The van der Waals surface area contributed by atoms with Gasteiger partial charge < -0.3 is 9.80 Å². The van der Waals surface area contributed by atoms with Crippen LogP contribution in [-0.2, 0) is 9.59 Å². The molecule has 0 saturated carbocycles. The molecule has 0 aliphatic carbocycles. The van der Waals surface area contributed by atoms with Crippen molar-refractivity contribution in [2.75, 3.05) is 28.2 Å². The number of carbonyl (C=O) groups excluding carboxylic acids is 2. The lowest BCUT2D eigenvalue weighted by Gasteiger charge is -2.21. The Hall–Kier alpha value is -1.06. The summed E-state index contributed by atoms with van der Waals surface area (Å²) in [6.45, 7) is 2.09. The Kier molecular flexibility index (Phi) is 6.77. The largest absolute Gasteiger partial charge is 0.349 e. The van der Waals surface area contributed by atoms with E-state index >= 15 is 0 Å². The lowest BCUT2D eigenvalue weighted by atomic mass is 9.96. The highest BCUT2D eigenvalue weighted by Crippen LogP contribution is 2.16. The van der Waals surface area contributed by atoms with Crippen molar-refractivity contribution in [2.45, 2.75) is 32.6 Å². The molecule has 0 aromatic carbocycles. The zero-order chi connectivity index (χ0) is 12.7. The van der Waals surface area contributed by atoms with Crippen LogP contribution in [0.15, 0.2) is 0 Å². The minimum atomic E-state index is -0.162. The number of unbranched alkanes of at least 4 members (excludes halogenated alkanes) is 1. The van der Waals surface area contributed by atoms with Gasteiger partial charge in [-0.3, -0.25) is 9.59 Å². The Morgan fingerprint density at radius 1 is 1.06 bits per heavy atom. The molecule has 0 heterocycles. The van der Waals surface area contributed by atoms with Crippen LogP contribution in [0.1, 0.15) is 32.6 Å². The maximum atomic E-state index is 11.9. The van der Waals surface area contributed by atoms with Crippen LogP contribution in [0.4, 0.5) is 0 Å². The molecule has 4 heteroatoms. The van der Waals surface area contributed by atoms with Crippen molar-refractivity contribution in [3.63, 3.8) is 0 Å². The third-order valence-corrected chi connectivity index (χ3v) is 2.62. The highest BCUT2D eigenvalue weighted by atomic mass is 16.2. The average molecular weight is 228 g/mol. The minimum Gasteiger partial charge on any atom is -0.349 e. The lowest BCUT2D eigenvalue weighted by Crippen LogP contribution is -2.34. The first-order chi connectivity index (χ1) is 7.40. The van der Waals surface area contributed by atoms with Crippen molar-refractivity contribution >= 4 is 11.8 Å². The minimum absolute atomic E-state index is 0.0244. The van der Waals surface area contributed by atoms with Crippen molar-refractivity contribution < 1.29 is 9.59 Å². The van der Waals surface area contributed by atoms with Crippen LogP contribution in [0.5, 0.6) is 0 Å². The first-order valence-electron chi connectivity index (χ1n) is 5.81. The molecule has 1 unspecified atom stereocenters. The van der Waals surface area contributed by atoms with Gasteiger partial charge in [0, 0.05) is 40.5 Å². The van der Waals surface area contributed by atoms with Crippen molar-refractivity contribution in [3.05, 3.63) is 0 Å². The van der Waals surface area contributed by atoms with Crippen LogP contribution >= 0.6 is 0 Å². The molecule has 0 fully saturated rings. The van der Waals surface area contributed by atoms with E-state index < -0.39 is 0 Å². The molecular weight excluding hydrogens is 204 g/mol. The summed E-state index contributed by atoms with van der Waals surface area (Å²) in [5.41, 5.74) is 0. The van der Waals surface area contributed by atoms with Gasteiger partial charge in [-0.05, 0) is 6.42 Å². The van der Waals surface area contributed by atoms with Gasteiger partial charge in [-0.2, -0.15) is 0 Å². The smallest absolute Gasteiger partial charge is 0.225 e. The topological polar surface area (TPSA) is 40.6 Å². The predicted molar refractivity (Wildman–Crippen MR) is 65.0 cm³/mol. The molecule has 0 aliphatic rings. The van der Waals surface area contributed by atoms with Gasteiger partial charge in [0.2, 0.25) is 11.8 Å². The van der Waals surface area contributed by atoms with Gasteiger partial charge in [0.05, 0.1) is 0 Å². The monoisotopic (exact) mass is 228 g/mol. The number of amides is 2. The maximum absolute atomic E-state index is 11.9. The first-order valence-corrected chi connectivity index (χ1v) is 5.81. The summed E-state index contributed by atoms with van der Waals surface area (Å²) in [7, 11) is 6.92. The molecule has 4 nitrogen and oxygen atoms in total. The van der Waals surface area contributed by atoms with E-state index in [1.54, 1.807) is 38.0 Å². The standard InChI is InChI=1S/C12H24N2O2/c1-6-7-8-10(12(16)14(4)5)9-11(15)13(2)3/h10H,6-9H2,1-5H3. The Balaban J connectivity index is 4.42. The highest BCUT2D eigenvalue weighted by molar-refractivity contribution is 5.85. The van der Waals surface area contributed by atoms with Crippen LogP contribution in [0, 0.1) is 5.92 Å². The summed E-state index contributed by atoms with van der Waals surface area (Å²) >= 11 is 0. The summed E-state index contributed by atoms with van der Waals surface area (Å²) in [5, 5.41) is 0. The van der Waals surface area contributed by atoms with Crippen molar-refractivity contribution in [1.82, 2.24) is 9.80 Å². The van der Waals surface area contributed by atoms with Gasteiger partial charge in [-0.1, -0.05) is 19.8 Å². The molecule has 0 aromatic heterocycles. The second-order valence-corrected chi connectivity index (χ2v) is 4.56. The second kappa shape index (κ2) is 7.25. The van der Waals surface area contributed by atoms with E-state index in [9.17, 15) is 9.59 Å². The molecule has 16 heavy (non-hydrogen) atoms. The van der Waals surface area contributed by atoms with E-state index in [-0.39, 0.29) is 17.7 Å². The Bertz CT molecular complexity index is 237. The van der Waals surface area contributed by atoms with Gasteiger partial charge in [-0.15, -0.1) is 0 Å². The molecule has 0 aromatic rings. The molecule has 0 spiro atoms. The normalized spacial score (nSPS) is 12.1. The Morgan fingerprint density at radius 2 is 1.62 bits per heavy atom. The summed E-state index contributed by atoms with van der Waals surface area (Å²) in [6.07, 6.45) is 3.16. The fourth-order valence-electron chi connectivity index (χ4n) is 1.52. The van der Waals surface area contributed by atoms with Crippen LogP contribution in [0.3, 0.4) is 0 Å². The molecule has 2 amide bonds.